The van der Waals surface area contributed by atoms with Crippen molar-refractivity contribution in [3.05, 3.63) is 95.3 Å². The Hall–Kier alpha value is -3.03. The molecule has 1 heterocycles. The number of carbonyl (C=O) groups excluding carboxylic acids is 1. The van der Waals surface area contributed by atoms with Gasteiger partial charge in [-0.2, -0.15) is 4.31 Å². The number of para-hydroxylation sites is 1. The summed E-state index contributed by atoms with van der Waals surface area (Å²) in [5.41, 5.74) is 2.85. The molecule has 7 heteroatoms. The van der Waals surface area contributed by atoms with Crippen molar-refractivity contribution >= 4 is 21.6 Å². The Bertz CT molecular complexity index is 1190. The summed E-state index contributed by atoms with van der Waals surface area (Å²) in [6, 6.07) is 19.9. The molecule has 0 saturated heterocycles. The number of aryl methyl sites for hydroxylation is 1. The Morgan fingerprint density at radius 1 is 0.900 bits per heavy atom. The maximum atomic E-state index is 13.4. The van der Waals surface area contributed by atoms with Crippen molar-refractivity contribution in [2.45, 2.75) is 24.9 Å². The van der Waals surface area contributed by atoms with E-state index in [0.717, 1.165) is 11.1 Å². The molecule has 0 aromatic heterocycles. The van der Waals surface area contributed by atoms with Crippen molar-refractivity contribution in [1.82, 2.24) is 4.31 Å². The first-order valence-corrected chi connectivity index (χ1v) is 11.0. The minimum Gasteiger partial charge on any atom is -0.305 e. The van der Waals surface area contributed by atoms with Crippen LogP contribution < -0.4 is 4.90 Å². The van der Waals surface area contributed by atoms with Gasteiger partial charge in [-0.25, -0.2) is 12.8 Å². The third-order valence-electron chi connectivity index (χ3n) is 5.25. The minimum atomic E-state index is -3.89. The molecule has 4 rings (SSSR count). The molecule has 1 aliphatic heterocycles. The number of fused-ring (bicyclic) bond motifs is 1. The summed E-state index contributed by atoms with van der Waals surface area (Å²) < 4.78 is 41.3. The molecule has 3 aromatic rings. The summed E-state index contributed by atoms with van der Waals surface area (Å²) in [6.45, 7) is 1.91. The van der Waals surface area contributed by atoms with E-state index in [1.54, 1.807) is 30.3 Å². The van der Waals surface area contributed by atoms with Gasteiger partial charge in [0.15, 0.2) is 0 Å². The summed E-state index contributed by atoms with van der Waals surface area (Å²) in [6.07, 6.45) is 0. The summed E-state index contributed by atoms with van der Waals surface area (Å²) >= 11 is 0. The standard InChI is InChI=1S/C23H21FN2O3S/c1-17-6-2-3-7-19(17)15-25-16-23(27)26(14-18-10-12-20(24)13-11-18)21-8-4-5-9-22(21)30(25,28)29/h2-13H,14-16H2,1H3. The van der Waals surface area contributed by atoms with E-state index in [2.05, 4.69) is 0 Å². The van der Waals surface area contributed by atoms with Crippen LogP contribution in [0.15, 0.2) is 77.7 Å². The lowest BCUT2D eigenvalue weighted by atomic mass is 10.1. The first-order valence-electron chi connectivity index (χ1n) is 9.55. The number of halogens is 1. The van der Waals surface area contributed by atoms with Crippen LogP contribution >= 0.6 is 0 Å². The molecule has 3 aromatic carbocycles. The van der Waals surface area contributed by atoms with Gasteiger partial charge < -0.3 is 4.90 Å². The second-order valence-electron chi connectivity index (χ2n) is 7.27. The van der Waals surface area contributed by atoms with E-state index < -0.39 is 10.0 Å². The Balaban J connectivity index is 1.75. The fourth-order valence-corrected chi connectivity index (χ4v) is 5.12. The highest BCUT2D eigenvalue weighted by Crippen LogP contribution is 2.33. The number of anilines is 1. The van der Waals surface area contributed by atoms with Crippen LogP contribution in [0.5, 0.6) is 0 Å². The molecule has 154 valence electrons. The maximum absolute atomic E-state index is 13.4. The maximum Gasteiger partial charge on any atom is 0.245 e. The van der Waals surface area contributed by atoms with Crippen molar-refractivity contribution in [2.75, 3.05) is 11.4 Å². The second kappa shape index (κ2) is 8.01. The van der Waals surface area contributed by atoms with Gasteiger partial charge in [-0.3, -0.25) is 4.79 Å². The van der Waals surface area contributed by atoms with Crippen LogP contribution in [0.25, 0.3) is 0 Å². The highest BCUT2D eigenvalue weighted by atomic mass is 32.2. The highest BCUT2D eigenvalue weighted by Gasteiger charge is 2.36. The van der Waals surface area contributed by atoms with Crippen LogP contribution in [-0.2, 0) is 27.9 Å². The van der Waals surface area contributed by atoms with Gasteiger partial charge in [0, 0.05) is 6.54 Å². The van der Waals surface area contributed by atoms with E-state index in [0.29, 0.717) is 11.3 Å². The molecule has 0 bridgehead atoms. The van der Waals surface area contributed by atoms with Crippen molar-refractivity contribution in [2.24, 2.45) is 0 Å². The molecule has 0 atom stereocenters. The monoisotopic (exact) mass is 424 g/mol. The molecule has 0 saturated carbocycles. The Labute approximate surface area is 175 Å². The Kier molecular flexibility index (Phi) is 5.40. The molecule has 0 unspecified atom stereocenters. The first kappa shape index (κ1) is 20.3. The predicted octanol–water partition coefficient (Wildman–Crippen LogP) is 3.87. The van der Waals surface area contributed by atoms with Gasteiger partial charge in [-0.05, 0) is 47.9 Å². The van der Waals surface area contributed by atoms with E-state index in [-0.39, 0.29) is 36.3 Å². The lowest BCUT2D eigenvalue weighted by Gasteiger charge is -2.22. The van der Waals surface area contributed by atoms with Gasteiger partial charge in [0.25, 0.3) is 0 Å². The number of amides is 1. The van der Waals surface area contributed by atoms with Gasteiger partial charge in [-0.15, -0.1) is 0 Å². The molecule has 30 heavy (non-hydrogen) atoms. The van der Waals surface area contributed by atoms with Gasteiger partial charge in [0.05, 0.1) is 18.8 Å². The van der Waals surface area contributed by atoms with E-state index in [4.69, 9.17) is 0 Å². The predicted molar refractivity (Wildman–Crippen MR) is 113 cm³/mol. The number of sulfonamides is 1. The van der Waals surface area contributed by atoms with Gasteiger partial charge in [0.1, 0.15) is 10.7 Å². The quantitative estimate of drug-likeness (QED) is 0.639. The lowest BCUT2D eigenvalue weighted by Crippen LogP contribution is -2.38. The molecule has 0 aliphatic carbocycles. The number of hydrogen-bond acceptors (Lipinski definition) is 3. The zero-order chi connectivity index (χ0) is 21.3. The van der Waals surface area contributed by atoms with Crippen LogP contribution in [0.2, 0.25) is 0 Å². The van der Waals surface area contributed by atoms with E-state index in [9.17, 15) is 17.6 Å². The number of hydrogen-bond donors (Lipinski definition) is 0. The number of benzene rings is 3. The normalized spacial score (nSPS) is 16.2. The van der Waals surface area contributed by atoms with Crippen LogP contribution in [0.4, 0.5) is 10.1 Å². The average Bonchev–Trinajstić information content (AvgIpc) is 2.80. The third kappa shape index (κ3) is 3.86. The molecule has 0 spiro atoms. The van der Waals surface area contributed by atoms with E-state index in [1.165, 1.54) is 27.4 Å². The molecular formula is C23H21FN2O3S. The Morgan fingerprint density at radius 2 is 1.57 bits per heavy atom. The molecule has 0 radical (unpaired) electrons. The van der Waals surface area contributed by atoms with Crippen molar-refractivity contribution < 1.29 is 17.6 Å². The zero-order valence-corrected chi connectivity index (χ0v) is 17.3. The van der Waals surface area contributed by atoms with Gasteiger partial charge in [-0.1, -0.05) is 48.5 Å². The lowest BCUT2D eigenvalue weighted by molar-refractivity contribution is -0.119. The zero-order valence-electron chi connectivity index (χ0n) is 16.5. The minimum absolute atomic E-state index is 0.0894. The molecular weight excluding hydrogens is 403 g/mol. The van der Waals surface area contributed by atoms with Crippen molar-refractivity contribution in [3.8, 4) is 0 Å². The largest absolute Gasteiger partial charge is 0.305 e. The molecule has 0 fully saturated rings. The first-order chi connectivity index (χ1) is 14.4. The topological polar surface area (TPSA) is 57.7 Å². The van der Waals surface area contributed by atoms with Gasteiger partial charge in [0.2, 0.25) is 15.9 Å². The summed E-state index contributed by atoms with van der Waals surface area (Å²) in [4.78, 5) is 14.7. The van der Waals surface area contributed by atoms with Crippen molar-refractivity contribution in [1.29, 1.82) is 0 Å². The molecule has 5 nitrogen and oxygen atoms in total. The SMILES string of the molecule is Cc1ccccc1CN1CC(=O)N(Cc2ccc(F)cc2)c2ccccc2S1(=O)=O. The summed E-state index contributed by atoms with van der Waals surface area (Å²) in [5.74, 6) is -0.699. The van der Waals surface area contributed by atoms with Crippen LogP contribution in [-0.4, -0.2) is 25.2 Å². The van der Waals surface area contributed by atoms with E-state index >= 15 is 0 Å². The molecule has 1 aliphatic rings. The van der Waals surface area contributed by atoms with E-state index in [1.807, 2.05) is 31.2 Å². The molecule has 0 N–H and O–H groups in total. The van der Waals surface area contributed by atoms with Crippen LogP contribution in [0, 0.1) is 12.7 Å². The number of carbonyl (C=O) groups is 1. The van der Waals surface area contributed by atoms with Crippen molar-refractivity contribution in [3.63, 3.8) is 0 Å². The Morgan fingerprint density at radius 3 is 2.30 bits per heavy atom. The smallest absolute Gasteiger partial charge is 0.245 e. The van der Waals surface area contributed by atoms with Crippen LogP contribution in [0.1, 0.15) is 16.7 Å². The molecule has 1 amide bonds. The fourth-order valence-electron chi connectivity index (χ4n) is 3.56. The fraction of sp³-hybridized carbons (Fsp3) is 0.174. The van der Waals surface area contributed by atoms with Crippen LogP contribution in [0.3, 0.4) is 0 Å². The van der Waals surface area contributed by atoms with Gasteiger partial charge >= 0.3 is 0 Å². The summed E-state index contributed by atoms with van der Waals surface area (Å²) in [7, 11) is -3.89. The third-order valence-corrected chi connectivity index (χ3v) is 7.09. The average molecular weight is 424 g/mol. The number of rotatable bonds is 4. The second-order valence-corrected chi connectivity index (χ2v) is 9.18. The number of nitrogens with zero attached hydrogens (tertiary/aromatic N) is 2. The highest BCUT2D eigenvalue weighted by molar-refractivity contribution is 7.89. The summed E-state index contributed by atoms with van der Waals surface area (Å²) in [5, 5.41) is 0.